The number of ether oxygens (including phenoxy) is 3. The first kappa shape index (κ1) is 24.9. The second-order valence-corrected chi connectivity index (χ2v) is 15.8. The van der Waals surface area contributed by atoms with Crippen LogP contribution in [0.2, 0.25) is 5.04 Å². The molecule has 2 aromatic carbocycles. The van der Waals surface area contributed by atoms with Gasteiger partial charge < -0.3 is 18.6 Å². The van der Waals surface area contributed by atoms with Gasteiger partial charge in [0, 0.05) is 25.9 Å². The summed E-state index contributed by atoms with van der Waals surface area (Å²) in [5.74, 6) is -0.693. The fourth-order valence-corrected chi connectivity index (χ4v) is 10.9. The maximum atomic E-state index is 7.12. The normalized spacial score (nSPS) is 31.0. The number of benzene rings is 2. The Labute approximate surface area is 211 Å². The molecule has 3 aliphatic heterocycles. The van der Waals surface area contributed by atoms with Gasteiger partial charge in [0.15, 0.2) is 11.6 Å². The highest BCUT2D eigenvalue weighted by atomic mass is 28.4. The SMILES string of the molecule is C[C@@H]1C[C@@]2(CC[C@]3(C=CCCO3)O2)O[C@@H]1CCO[Si](c1ccccc1)(c1ccccc1)C(C)(C)C. The van der Waals surface area contributed by atoms with Gasteiger partial charge in [-0.05, 0) is 40.2 Å². The van der Waals surface area contributed by atoms with Gasteiger partial charge in [-0.2, -0.15) is 0 Å². The van der Waals surface area contributed by atoms with E-state index < -0.39 is 19.9 Å². The molecule has 0 aliphatic carbocycles. The van der Waals surface area contributed by atoms with E-state index in [0.717, 1.165) is 38.7 Å². The van der Waals surface area contributed by atoms with E-state index in [0.29, 0.717) is 12.5 Å². The molecule has 0 N–H and O–H groups in total. The Kier molecular flexibility index (Phi) is 6.83. The fourth-order valence-electron chi connectivity index (χ4n) is 6.33. The summed E-state index contributed by atoms with van der Waals surface area (Å²) in [7, 11) is -2.53. The van der Waals surface area contributed by atoms with E-state index in [1.807, 2.05) is 0 Å². The minimum Gasteiger partial charge on any atom is -0.407 e. The molecule has 0 saturated carbocycles. The van der Waals surface area contributed by atoms with Crippen LogP contribution in [0.4, 0.5) is 0 Å². The second kappa shape index (κ2) is 9.60. The number of hydrogen-bond acceptors (Lipinski definition) is 4. The van der Waals surface area contributed by atoms with Gasteiger partial charge >= 0.3 is 0 Å². The van der Waals surface area contributed by atoms with E-state index in [2.05, 4.69) is 101 Å². The largest absolute Gasteiger partial charge is 0.407 e. The van der Waals surface area contributed by atoms with Gasteiger partial charge in [0.2, 0.25) is 0 Å². The summed E-state index contributed by atoms with van der Waals surface area (Å²) in [6, 6.07) is 21.7. The molecule has 4 nitrogen and oxygen atoms in total. The standard InChI is InChI=1S/C30H40O4Si/c1-24-23-30(20-19-29(34-30)18-11-12-21-31-29)33-27(24)17-22-32-35(28(2,3)4,25-13-7-5-8-14-25)26-15-9-6-10-16-26/h5-11,13-16,18,24,27H,12,17,19-23H2,1-4H3/t24-,27-,29+,30+/m1/s1. The summed E-state index contributed by atoms with van der Waals surface area (Å²) in [5.41, 5.74) is 0. The van der Waals surface area contributed by atoms with Crippen LogP contribution in [0, 0.1) is 5.92 Å². The predicted octanol–water partition coefficient (Wildman–Crippen LogP) is 5.56. The molecule has 5 rings (SSSR count). The van der Waals surface area contributed by atoms with Crippen LogP contribution in [0.1, 0.15) is 59.8 Å². The highest BCUT2D eigenvalue weighted by Gasteiger charge is 2.56. The van der Waals surface area contributed by atoms with Gasteiger partial charge in [-0.15, -0.1) is 0 Å². The first-order valence-electron chi connectivity index (χ1n) is 13.2. The van der Waals surface area contributed by atoms with Gasteiger partial charge in [0.25, 0.3) is 8.32 Å². The third-order valence-electron chi connectivity index (χ3n) is 7.99. The predicted molar refractivity (Wildman–Crippen MR) is 142 cm³/mol. The third kappa shape index (κ3) is 4.69. The fraction of sp³-hybridized carbons (Fsp3) is 0.533. The smallest absolute Gasteiger partial charge is 0.261 e. The lowest BCUT2D eigenvalue weighted by atomic mass is 9.97. The Morgan fingerprint density at radius 3 is 2.20 bits per heavy atom. The van der Waals surface area contributed by atoms with E-state index in [1.54, 1.807) is 0 Å². The molecule has 0 aromatic heterocycles. The van der Waals surface area contributed by atoms with Crippen molar-refractivity contribution < 1.29 is 18.6 Å². The van der Waals surface area contributed by atoms with Gasteiger partial charge in [-0.3, -0.25) is 0 Å². The highest BCUT2D eigenvalue weighted by Crippen LogP contribution is 2.50. The Morgan fingerprint density at radius 1 is 0.971 bits per heavy atom. The first-order valence-corrected chi connectivity index (χ1v) is 15.1. The van der Waals surface area contributed by atoms with Crippen molar-refractivity contribution in [1.29, 1.82) is 0 Å². The molecule has 2 spiro atoms. The summed E-state index contributed by atoms with van der Waals surface area (Å²) in [4.78, 5) is 0. The van der Waals surface area contributed by atoms with Crippen molar-refractivity contribution in [1.82, 2.24) is 0 Å². The van der Waals surface area contributed by atoms with Gasteiger partial charge in [0.05, 0.1) is 12.7 Å². The van der Waals surface area contributed by atoms with Crippen LogP contribution in [-0.4, -0.2) is 39.2 Å². The molecule has 188 valence electrons. The molecule has 4 atom stereocenters. The monoisotopic (exact) mass is 492 g/mol. The van der Waals surface area contributed by atoms with Crippen LogP contribution in [0.3, 0.4) is 0 Å². The van der Waals surface area contributed by atoms with Crippen molar-refractivity contribution >= 4 is 18.7 Å². The quantitative estimate of drug-likeness (QED) is 0.391. The molecule has 0 unspecified atom stereocenters. The average molecular weight is 493 g/mol. The lowest BCUT2D eigenvalue weighted by molar-refractivity contribution is -0.297. The number of rotatable bonds is 6. The molecule has 2 saturated heterocycles. The zero-order chi connectivity index (χ0) is 24.6. The third-order valence-corrected chi connectivity index (χ3v) is 13.0. The van der Waals surface area contributed by atoms with E-state index in [4.69, 9.17) is 18.6 Å². The van der Waals surface area contributed by atoms with E-state index in [9.17, 15) is 0 Å². The van der Waals surface area contributed by atoms with Gasteiger partial charge in [0.1, 0.15) is 0 Å². The zero-order valence-corrected chi connectivity index (χ0v) is 22.7. The Bertz CT molecular complexity index is 978. The molecule has 2 fully saturated rings. The van der Waals surface area contributed by atoms with Crippen LogP contribution >= 0.6 is 0 Å². The van der Waals surface area contributed by atoms with Crippen molar-refractivity contribution in [3.63, 3.8) is 0 Å². The van der Waals surface area contributed by atoms with Crippen LogP contribution < -0.4 is 10.4 Å². The molecular formula is C30H40O4Si. The van der Waals surface area contributed by atoms with Crippen molar-refractivity contribution in [3.8, 4) is 0 Å². The molecule has 0 radical (unpaired) electrons. The summed E-state index contributed by atoms with van der Waals surface area (Å²) in [5, 5.41) is 2.61. The van der Waals surface area contributed by atoms with Crippen molar-refractivity contribution in [3.05, 3.63) is 72.8 Å². The second-order valence-electron chi connectivity index (χ2n) is 11.5. The minimum atomic E-state index is -2.53. The van der Waals surface area contributed by atoms with Crippen molar-refractivity contribution in [2.45, 2.75) is 82.5 Å². The topological polar surface area (TPSA) is 36.9 Å². The molecule has 2 aromatic rings. The van der Waals surface area contributed by atoms with E-state index in [-0.39, 0.29) is 11.1 Å². The minimum absolute atomic E-state index is 0.0231. The molecule has 0 bridgehead atoms. The van der Waals surface area contributed by atoms with Crippen LogP contribution in [0.15, 0.2) is 72.8 Å². The number of hydrogen-bond donors (Lipinski definition) is 0. The van der Waals surface area contributed by atoms with Crippen LogP contribution in [0.5, 0.6) is 0 Å². The summed E-state index contributed by atoms with van der Waals surface area (Å²) >= 11 is 0. The van der Waals surface area contributed by atoms with Crippen LogP contribution in [-0.2, 0) is 18.6 Å². The lowest BCUT2D eigenvalue weighted by Gasteiger charge is -2.43. The first-order chi connectivity index (χ1) is 16.8. The molecule has 3 heterocycles. The van der Waals surface area contributed by atoms with Crippen molar-refractivity contribution in [2.24, 2.45) is 5.92 Å². The molecule has 0 amide bonds. The van der Waals surface area contributed by atoms with E-state index in [1.165, 1.54) is 10.4 Å². The molecule has 35 heavy (non-hydrogen) atoms. The van der Waals surface area contributed by atoms with Gasteiger partial charge in [-0.25, -0.2) is 0 Å². The Balaban J connectivity index is 1.33. The van der Waals surface area contributed by atoms with E-state index >= 15 is 0 Å². The molecule has 3 aliphatic rings. The lowest BCUT2D eigenvalue weighted by Crippen LogP contribution is -2.66. The molecule has 5 heteroatoms. The summed E-state index contributed by atoms with van der Waals surface area (Å²) in [6.07, 6.45) is 8.87. The summed E-state index contributed by atoms with van der Waals surface area (Å²) in [6.45, 7) is 10.7. The zero-order valence-electron chi connectivity index (χ0n) is 21.7. The van der Waals surface area contributed by atoms with Gasteiger partial charge in [-0.1, -0.05) is 94.4 Å². The highest BCUT2D eigenvalue weighted by molar-refractivity contribution is 6.99. The maximum absolute atomic E-state index is 7.12. The van der Waals surface area contributed by atoms with Crippen molar-refractivity contribution in [2.75, 3.05) is 13.2 Å². The average Bonchev–Trinajstić information content (AvgIpc) is 3.35. The summed E-state index contributed by atoms with van der Waals surface area (Å²) < 4.78 is 26.3. The Hall–Kier alpha value is -1.76. The molecular weight excluding hydrogens is 452 g/mol. The Morgan fingerprint density at radius 2 is 1.63 bits per heavy atom. The van der Waals surface area contributed by atoms with Crippen LogP contribution in [0.25, 0.3) is 0 Å². The maximum Gasteiger partial charge on any atom is 0.261 e.